The Morgan fingerprint density at radius 1 is 1.07 bits per heavy atom. The molecular formula is C21H22BrN3OS2. The summed E-state index contributed by atoms with van der Waals surface area (Å²) in [6, 6.07) is 15.8. The molecule has 7 heteroatoms. The smallest absolute Gasteiger partial charge is 0.283 e. The Morgan fingerprint density at radius 3 is 2.36 bits per heavy atom. The van der Waals surface area contributed by atoms with Gasteiger partial charge in [0.25, 0.3) is 5.91 Å². The molecule has 4 nitrogen and oxygen atoms in total. The first kappa shape index (κ1) is 21.0. The van der Waals surface area contributed by atoms with Gasteiger partial charge in [0, 0.05) is 35.8 Å². The molecule has 0 radical (unpaired) electrons. The number of nitrogens with zero attached hydrogens (tertiary/aromatic N) is 3. The van der Waals surface area contributed by atoms with Crippen LogP contribution in [0.2, 0.25) is 0 Å². The van der Waals surface area contributed by atoms with Crippen molar-refractivity contribution in [3.8, 4) is 0 Å². The largest absolute Gasteiger partial charge is 0.378 e. The van der Waals surface area contributed by atoms with E-state index in [1.807, 2.05) is 73.6 Å². The highest BCUT2D eigenvalue weighted by Gasteiger charge is 2.31. The molecule has 2 aromatic rings. The topological polar surface area (TPSA) is 35.9 Å². The quantitative estimate of drug-likeness (QED) is 0.416. The molecule has 0 unspecified atom stereocenters. The van der Waals surface area contributed by atoms with Gasteiger partial charge in [-0.2, -0.15) is 11.8 Å². The fourth-order valence-corrected chi connectivity index (χ4v) is 4.58. The summed E-state index contributed by atoms with van der Waals surface area (Å²) < 4.78 is 0.980. The van der Waals surface area contributed by atoms with Gasteiger partial charge in [0.1, 0.15) is 5.70 Å². The number of carbonyl (C=O) groups excluding carboxylic acids is 1. The van der Waals surface area contributed by atoms with Crippen LogP contribution in [0.5, 0.6) is 0 Å². The molecule has 1 heterocycles. The fraction of sp³-hybridized carbons (Fsp3) is 0.238. The molecular weight excluding hydrogens is 454 g/mol. The zero-order valence-electron chi connectivity index (χ0n) is 16.1. The van der Waals surface area contributed by atoms with Crippen LogP contribution in [0.1, 0.15) is 5.56 Å². The molecule has 3 rings (SSSR count). The summed E-state index contributed by atoms with van der Waals surface area (Å²) in [7, 11) is 4.01. The molecule has 0 saturated carbocycles. The van der Waals surface area contributed by atoms with Crippen molar-refractivity contribution in [2.75, 3.05) is 41.7 Å². The molecule has 28 heavy (non-hydrogen) atoms. The van der Waals surface area contributed by atoms with Crippen molar-refractivity contribution in [2.24, 2.45) is 4.99 Å². The second-order valence-electron chi connectivity index (χ2n) is 6.37. The van der Waals surface area contributed by atoms with Crippen LogP contribution in [-0.2, 0) is 4.79 Å². The van der Waals surface area contributed by atoms with Gasteiger partial charge in [-0.3, -0.25) is 9.69 Å². The first-order chi connectivity index (χ1) is 13.5. The van der Waals surface area contributed by atoms with E-state index in [4.69, 9.17) is 0 Å². The van der Waals surface area contributed by atoms with Crippen molar-refractivity contribution in [1.82, 2.24) is 0 Å². The van der Waals surface area contributed by atoms with E-state index in [2.05, 4.69) is 27.2 Å². The maximum atomic E-state index is 13.1. The van der Waals surface area contributed by atoms with Gasteiger partial charge in [-0.05, 0) is 54.3 Å². The van der Waals surface area contributed by atoms with Crippen molar-refractivity contribution in [3.63, 3.8) is 0 Å². The molecule has 0 bridgehead atoms. The lowest BCUT2D eigenvalue weighted by Gasteiger charge is -2.17. The number of anilines is 2. The van der Waals surface area contributed by atoms with Gasteiger partial charge in [-0.1, -0.05) is 39.8 Å². The minimum absolute atomic E-state index is 0.0920. The maximum Gasteiger partial charge on any atom is 0.283 e. The molecule has 0 saturated heterocycles. The van der Waals surface area contributed by atoms with Crippen LogP contribution in [0.25, 0.3) is 6.08 Å². The third-order valence-corrected chi connectivity index (χ3v) is 6.49. The summed E-state index contributed by atoms with van der Waals surface area (Å²) in [6.45, 7) is 0. The van der Waals surface area contributed by atoms with E-state index in [0.717, 1.165) is 38.1 Å². The van der Waals surface area contributed by atoms with Crippen molar-refractivity contribution in [2.45, 2.75) is 0 Å². The number of halogens is 1. The summed E-state index contributed by atoms with van der Waals surface area (Å²) in [5, 5.41) is 0.734. The van der Waals surface area contributed by atoms with Crippen LogP contribution in [0, 0.1) is 0 Å². The van der Waals surface area contributed by atoms with Gasteiger partial charge in [-0.15, -0.1) is 0 Å². The molecule has 1 aliphatic heterocycles. The predicted molar refractivity (Wildman–Crippen MR) is 129 cm³/mol. The highest BCUT2D eigenvalue weighted by molar-refractivity contribution is 9.10. The van der Waals surface area contributed by atoms with E-state index in [9.17, 15) is 4.79 Å². The minimum Gasteiger partial charge on any atom is -0.378 e. The Kier molecular flexibility index (Phi) is 7.26. The molecule has 0 atom stereocenters. The average Bonchev–Trinajstić information content (AvgIpc) is 2.98. The summed E-state index contributed by atoms with van der Waals surface area (Å²) in [4.78, 5) is 21.5. The fourth-order valence-electron chi connectivity index (χ4n) is 2.65. The number of aliphatic imine (C=N–C) groups is 1. The van der Waals surface area contributed by atoms with Gasteiger partial charge in [0.05, 0.1) is 5.69 Å². The Morgan fingerprint density at radius 2 is 1.75 bits per heavy atom. The second-order valence-corrected chi connectivity index (χ2v) is 9.33. The highest BCUT2D eigenvalue weighted by atomic mass is 79.9. The van der Waals surface area contributed by atoms with E-state index in [1.54, 1.807) is 28.4 Å². The van der Waals surface area contributed by atoms with Gasteiger partial charge < -0.3 is 4.90 Å². The molecule has 1 amide bonds. The summed E-state index contributed by atoms with van der Waals surface area (Å²) >= 11 is 6.85. The summed E-state index contributed by atoms with van der Waals surface area (Å²) in [5.41, 5.74) is 3.37. The first-order valence-corrected chi connectivity index (χ1v) is 12.0. The third kappa shape index (κ3) is 5.01. The van der Waals surface area contributed by atoms with Crippen LogP contribution < -0.4 is 9.80 Å². The monoisotopic (exact) mass is 475 g/mol. The van der Waals surface area contributed by atoms with Crippen LogP contribution in [-0.4, -0.2) is 42.9 Å². The molecule has 1 aliphatic rings. The van der Waals surface area contributed by atoms with E-state index in [-0.39, 0.29) is 5.91 Å². The zero-order valence-corrected chi connectivity index (χ0v) is 19.3. The van der Waals surface area contributed by atoms with E-state index < -0.39 is 0 Å². The van der Waals surface area contributed by atoms with Gasteiger partial charge in [0.2, 0.25) is 0 Å². The summed E-state index contributed by atoms with van der Waals surface area (Å²) in [5.74, 6) is 1.83. The second kappa shape index (κ2) is 9.67. The standard InChI is InChI=1S/C21H22BrN3OS2/c1-24(2)17-8-4-15(5-9-17)14-19-20(26)25(18-10-6-16(22)7-11-18)21(23-19)28-13-12-27-3/h4-11,14H,12-13H2,1-3H3. The van der Waals surface area contributed by atoms with E-state index >= 15 is 0 Å². The van der Waals surface area contributed by atoms with Gasteiger partial charge in [-0.25, -0.2) is 4.99 Å². The number of rotatable bonds is 6. The van der Waals surface area contributed by atoms with Crippen molar-refractivity contribution in [1.29, 1.82) is 0 Å². The molecule has 0 spiro atoms. The minimum atomic E-state index is -0.0920. The van der Waals surface area contributed by atoms with E-state index in [1.165, 1.54) is 0 Å². The van der Waals surface area contributed by atoms with Crippen molar-refractivity contribution in [3.05, 3.63) is 64.3 Å². The predicted octanol–water partition coefficient (Wildman–Crippen LogP) is 5.36. The number of hydrogen-bond donors (Lipinski definition) is 0. The number of amidine groups is 1. The van der Waals surface area contributed by atoms with Gasteiger partial charge in [0.15, 0.2) is 5.17 Å². The molecule has 2 aromatic carbocycles. The lowest BCUT2D eigenvalue weighted by molar-refractivity contribution is -0.113. The van der Waals surface area contributed by atoms with E-state index in [0.29, 0.717) is 5.70 Å². The average molecular weight is 476 g/mol. The highest BCUT2D eigenvalue weighted by Crippen LogP contribution is 2.30. The lowest BCUT2D eigenvalue weighted by Crippen LogP contribution is -2.30. The van der Waals surface area contributed by atoms with Crippen LogP contribution in [0.15, 0.2) is 63.7 Å². The lowest BCUT2D eigenvalue weighted by atomic mass is 10.1. The van der Waals surface area contributed by atoms with Crippen molar-refractivity contribution < 1.29 is 4.79 Å². The SMILES string of the molecule is CSCCSC1=NC(=Cc2ccc(N(C)C)cc2)C(=O)N1c1ccc(Br)cc1. The number of thioether (sulfide) groups is 2. The third-order valence-electron chi connectivity index (χ3n) is 4.15. The number of amides is 1. The number of carbonyl (C=O) groups is 1. The van der Waals surface area contributed by atoms with Crippen LogP contribution >= 0.6 is 39.5 Å². The molecule has 0 fully saturated rings. The first-order valence-electron chi connectivity index (χ1n) is 8.79. The molecule has 0 aliphatic carbocycles. The number of hydrogen-bond acceptors (Lipinski definition) is 5. The zero-order chi connectivity index (χ0) is 20.1. The molecule has 0 N–H and O–H groups in total. The Bertz CT molecular complexity index is 893. The summed E-state index contributed by atoms with van der Waals surface area (Å²) in [6.07, 6.45) is 3.94. The Hall–Kier alpha value is -1.70. The number of benzene rings is 2. The molecule has 146 valence electrons. The van der Waals surface area contributed by atoms with Crippen molar-refractivity contribution >= 4 is 68.0 Å². The van der Waals surface area contributed by atoms with Crippen LogP contribution in [0.4, 0.5) is 11.4 Å². The van der Waals surface area contributed by atoms with Crippen LogP contribution in [0.3, 0.4) is 0 Å². The Balaban J connectivity index is 1.90. The molecule has 0 aromatic heterocycles. The van der Waals surface area contributed by atoms with Gasteiger partial charge >= 0.3 is 0 Å². The maximum absolute atomic E-state index is 13.1. The Labute approximate surface area is 183 Å². The normalized spacial score (nSPS) is 15.3.